The Hall–Kier alpha value is -2.44. The van der Waals surface area contributed by atoms with Crippen LogP contribution < -0.4 is 0 Å². The van der Waals surface area contributed by atoms with E-state index in [1.165, 1.54) is 29.8 Å². The van der Waals surface area contributed by atoms with Crippen LogP contribution in [0.5, 0.6) is 0 Å². The van der Waals surface area contributed by atoms with Crippen LogP contribution in [0.3, 0.4) is 0 Å². The third-order valence-electron chi connectivity index (χ3n) is 4.87. The van der Waals surface area contributed by atoms with E-state index < -0.39 is 0 Å². The second-order valence-corrected chi connectivity index (χ2v) is 6.64. The fourth-order valence-corrected chi connectivity index (χ4v) is 3.51. The predicted molar refractivity (Wildman–Crippen MR) is 103 cm³/mol. The van der Waals surface area contributed by atoms with Crippen molar-refractivity contribution in [3.8, 4) is 12.3 Å². The van der Waals surface area contributed by atoms with Gasteiger partial charge < -0.3 is 4.90 Å². The van der Waals surface area contributed by atoms with E-state index in [-0.39, 0.29) is 11.6 Å². The van der Waals surface area contributed by atoms with Crippen LogP contribution in [-0.4, -0.2) is 24.5 Å². The normalized spacial score (nSPS) is 14.9. The van der Waals surface area contributed by atoms with Gasteiger partial charge in [0.1, 0.15) is 11.6 Å². The lowest BCUT2D eigenvalue weighted by molar-refractivity contribution is 0.255. The maximum Gasteiger partial charge on any atom is 0.123 e. The molecule has 1 aliphatic rings. The van der Waals surface area contributed by atoms with Crippen molar-refractivity contribution in [1.82, 2.24) is 4.90 Å². The Morgan fingerprint density at radius 2 is 1.38 bits per heavy atom. The van der Waals surface area contributed by atoms with Crippen LogP contribution >= 0.6 is 0 Å². The fourth-order valence-electron chi connectivity index (χ4n) is 3.51. The molecule has 0 bridgehead atoms. The smallest absolute Gasteiger partial charge is 0.123 e. The molecule has 0 unspecified atom stereocenters. The van der Waals surface area contributed by atoms with Gasteiger partial charge in [0.2, 0.25) is 0 Å². The number of hydrogen-bond acceptors (Lipinski definition) is 1. The van der Waals surface area contributed by atoms with Crippen LogP contribution in [0, 0.1) is 24.0 Å². The Morgan fingerprint density at radius 3 is 1.85 bits per heavy atom. The molecule has 1 heterocycles. The average Bonchev–Trinajstić information content (AvgIpc) is 2.66. The number of benzene rings is 2. The predicted octanol–water partition coefficient (Wildman–Crippen LogP) is 5.28. The highest BCUT2D eigenvalue weighted by Crippen LogP contribution is 2.32. The molecule has 0 amide bonds. The second-order valence-electron chi connectivity index (χ2n) is 6.64. The molecule has 0 radical (unpaired) electrons. The number of likely N-dealkylation sites (tertiary alicyclic amines) is 1. The van der Waals surface area contributed by atoms with Crippen LogP contribution in [0.15, 0.2) is 54.1 Å². The monoisotopic (exact) mass is 351 g/mol. The molecule has 1 nitrogen and oxygen atoms in total. The highest BCUT2D eigenvalue weighted by Gasteiger charge is 2.19. The summed E-state index contributed by atoms with van der Waals surface area (Å²) in [6, 6.07) is 13.1. The topological polar surface area (TPSA) is 3.24 Å². The fraction of sp³-hybridized carbons (Fsp3) is 0.304. The van der Waals surface area contributed by atoms with Crippen LogP contribution in [0.4, 0.5) is 8.78 Å². The van der Waals surface area contributed by atoms with E-state index in [4.69, 9.17) is 6.42 Å². The third kappa shape index (κ3) is 4.59. The van der Waals surface area contributed by atoms with E-state index in [1.807, 2.05) is 0 Å². The van der Waals surface area contributed by atoms with E-state index in [9.17, 15) is 8.78 Å². The summed E-state index contributed by atoms with van der Waals surface area (Å²) in [6.07, 6.45) is 9.08. The molecule has 1 fully saturated rings. The Bertz CT molecular complexity index is 740. The Kier molecular flexibility index (Phi) is 6.20. The summed E-state index contributed by atoms with van der Waals surface area (Å²) in [5, 5.41) is 0. The molecule has 2 aromatic carbocycles. The van der Waals surface area contributed by atoms with Crippen molar-refractivity contribution in [2.24, 2.45) is 0 Å². The van der Waals surface area contributed by atoms with E-state index in [1.54, 1.807) is 24.3 Å². The first-order chi connectivity index (χ1) is 12.7. The molecule has 0 aliphatic carbocycles. The van der Waals surface area contributed by atoms with Gasteiger partial charge in [0, 0.05) is 19.5 Å². The zero-order valence-electron chi connectivity index (χ0n) is 14.8. The van der Waals surface area contributed by atoms with Gasteiger partial charge in [-0.15, -0.1) is 12.3 Å². The number of hydrogen-bond donors (Lipinski definition) is 0. The molecule has 0 N–H and O–H groups in total. The first-order valence-electron chi connectivity index (χ1n) is 9.07. The molecule has 2 aromatic rings. The lowest BCUT2D eigenvalue weighted by Gasteiger charge is -2.30. The van der Waals surface area contributed by atoms with Crippen molar-refractivity contribution >= 4 is 5.57 Å². The zero-order valence-corrected chi connectivity index (χ0v) is 14.8. The van der Waals surface area contributed by atoms with Gasteiger partial charge in [0.25, 0.3) is 0 Å². The van der Waals surface area contributed by atoms with E-state index in [0.717, 1.165) is 62.0 Å². The van der Waals surface area contributed by atoms with E-state index >= 15 is 0 Å². The molecule has 0 atom stereocenters. The average molecular weight is 351 g/mol. The summed E-state index contributed by atoms with van der Waals surface area (Å²) in [5.74, 6) is 2.19. The Morgan fingerprint density at radius 1 is 0.885 bits per heavy atom. The SMILES string of the molecule is C#CCCCN1CCC(=C(c2ccc(F)cc2)c2ccc(F)cc2)CC1. The summed E-state index contributed by atoms with van der Waals surface area (Å²) in [6.45, 7) is 3.01. The maximum absolute atomic E-state index is 13.4. The van der Waals surface area contributed by atoms with Crippen LogP contribution in [0.25, 0.3) is 5.57 Å². The van der Waals surface area contributed by atoms with Crippen LogP contribution in [0.2, 0.25) is 0 Å². The molecule has 0 aromatic heterocycles. The van der Waals surface area contributed by atoms with Gasteiger partial charge in [0.05, 0.1) is 0 Å². The number of piperidine rings is 1. The lowest BCUT2D eigenvalue weighted by Crippen LogP contribution is -2.32. The second kappa shape index (κ2) is 8.78. The van der Waals surface area contributed by atoms with Gasteiger partial charge in [0.15, 0.2) is 0 Å². The standard InChI is InChI=1S/C23H23F2N/c1-2-3-4-15-26-16-13-20(14-17-26)23(18-5-9-21(24)10-6-18)19-7-11-22(25)12-8-19/h1,5-12H,3-4,13-17H2. The largest absolute Gasteiger partial charge is 0.303 e. The molecule has 0 saturated carbocycles. The number of unbranched alkanes of at least 4 members (excludes halogenated alkanes) is 1. The molecule has 134 valence electrons. The quantitative estimate of drug-likeness (QED) is 0.523. The van der Waals surface area contributed by atoms with Crippen molar-refractivity contribution in [2.45, 2.75) is 25.7 Å². The summed E-state index contributed by atoms with van der Waals surface area (Å²) in [7, 11) is 0. The van der Waals surface area contributed by atoms with E-state index in [2.05, 4.69) is 10.8 Å². The Balaban J connectivity index is 1.86. The minimum Gasteiger partial charge on any atom is -0.303 e. The van der Waals surface area contributed by atoms with Gasteiger partial charge in [-0.1, -0.05) is 29.8 Å². The maximum atomic E-state index is 13.4. The summed E-state index contributed by atoms with van der Waals surface area (Å²) in [4.78, 5) is 2.44. The van der Waals surface area contributed by atoms with Crippen LogP contribution in [-0.2, 0) is 0 Å². The van der Waals surface area contributed by atoms with Gasteiger partial charge in [-0.25, -0.2) is 8.78 Å². The lowest BCUT2D eigenvalue weighted by atomic mass is 9.88. The molecular weight excluding hydrogens is 328 g/mol. The van der Waals surface area contributed by atoms with Crippen molar-refractivity contribution in [3.05, 3.63) is 76.9 Å². The van der Waals surface area contributed by atoms with Crippen LogP contribution in [0.1, 0.15) is 36.8 Å². The molecule has 0 spiro atoms. The van der Waals surface area contributed by atoms with Gasteiger partial charge in [-0.2, -0.15) is 0 Å². The van der Waals surface area contributed by atoms with Crippen molar-refractivity contribution < 1.29 is 8.78 Å². The molecule has 1 aliphatic heterocycles. The first kappa shape index (κ1) is 18.4. The van der Waals surface area contributed by atoms with Crippen molar-refractivity contribution in [2.75, 3.05) is 19.6 Å². The number of rotatable bonds is 5. The molecule has 1 saturated heterocycles. The summed E-state index contributed by atoms with van der Waals surface area (Å²) < 4.78 is 26.7. The first-order valence-corrected chi connectivity index (χ1v) is 9.07. The van der Waals surface area contributed by atoms with E-state index in [0.29, 0.717) is 0 Å². The van der Waals surface area contributed by atoms with Crippen molar-refractivity contribution in [3.63, 3.8) is 0 Å². The minimum absolute atomic E-state index is 0.250. The third-order valence-corrected chi connectivity index (χ3v) is 4.87. The molecule has 3 heteroatoms. The Labute approximate surface area is 154 Å². The number of terminal acetylenes is 1. The molecule has 3 rings (SSSR count). The number of halogens is 2. The number of nitrogens with zero attached hydrogens (tertiary/aromatic N) is 1. The zero-order chi connectivity index (χ0) is 18.4. The molecule has 26 heavy (non-hydrogen) atoms. The highest BCUT2D eigenvalue weighted by atomic mass is 19.1. The van der Waals surface area contributed by atoms with Gasteiger partial charge >= 0.3 is 0 Å². The van der Waals surface area contributed by atoms with Gasteiger partial charge in [-0.05, 0) is 66.8 Å². The van der Waals surface area contributed by atoms with Crippen molar-refractivity contribution in [1.29, 1.82) is 0 Å². The molecular formula is C23H23F2N. The minimum atomic E-state index is -0.250. The summed E-state index contributed by atoms with van der Waals surface area (Å²) in [5.41, 5.74) is 4.41. The summed E-state index contributed by atoms with van der Waals surface area (Å²) >= 11 is 0. The highest BCUT2D eigenvalue weighted by molar-refractivity contribution is 5.82. The van der Waals surface area contributed by atoms with Gasteiger partial charge in [-0.3, -0.25) is 0 Å².